The van der Waals surface area contributed by atoms with E-state index in [1.54, 1.807) is 0 Å². The van der Waals surface area contributed by atoms with E-state index < -0.39 is 0 Å². The van der Waals surface area contributed by atoms with Gasteiger partial charge >= 0.3 is 0 Å². The van der Waals surface area contributed by atoms with Crippen LogP contribution in [-0.4, -0.2) is 15.4 Å². The van der Waals surface area contributed by atoms with Gasteiger partial charge in [-0.25, -0.2) is 4.98 Å². The van der Waals surface area contributed by atoms with Crippen LogP contribution in [0, 0.1) is 6.92 Å². The lowest BCUT2D eigenvalue weighted by Gasteiger charge is -2.15. The predicted molar refractivity (Wildman–Crippen MR) is 79.9 cm³/mol. The number of nitrogens with zero attached hydrogens (tertiary/aromatic N) is 2. The second kappa shape index (κ2) is 4.87. The van der Waals surface area contributed by atoms with Gasteiger partial charge in [-0.1, -0.05) is 32.8 Å². The Balaban J connectivity index is 2.08. The Morgan fingerprint density at radius 3 is 2.74 bits per heavy atom. The summed E-state index contributed by atoms with van der Waals surface area (Å²) in [6.45, 7) is 6.57. The van der Waals surface area contributed by atoms with E-state index in [0.29, 0.717) is 12.0 Å². The lowest BCUT2D eigenvalue weighted by atomic mass is 10.1. The number of nitrogens with one attached hydrogen (secondary N) is 1. The molecule has 3 rings (SSSR count). The summed E-state index contributed by atoms with van der Waals surface area (Å²) in [6, 6.07) is 4.86. The SMILES string of the molecule is Cc1cccn2c(NC3CCCC3)c(C(C)C)nc12. The maximum absolute atomic E-state index is 4.85. The molecule has 0 saturated heterocycles. The number of fused-ring (bicyclic) bond motifs is 1. The first-order chi connectivity index (χ1) is 9.16. The van der Waals surface area contributed by atoms with Crippen molar-refractivity contribution in [1.29, 1.82) is 0 Å². The summed E-state index contributed by atoms with van der Waals surface area (Å²) < 4.78 is 2.23. The Bertz CT molecular complexity index is 577. The van der Waals surface area contributed by atoms with Crippen LogP contribution >= 0.6 is 0 Å². The van der Waals surface area contributed by atoms with Crippen molar-refractivity contribution in [2.45, 2.75) is 58.4 Å². The Labute approximate surface area is 115 Å². The van der Waals surface area contributed by atoms with Gasteiger partial charge in [0.05, 0.1) is 5.69 Å². The largest absolute Gasteiger partial charge is 0.367 e. The minimum absolute atomic E-state index is 0.447. The molecule has 0 spiro atoms. The molecule has 0 unspecified atom stereocenters. The van der Waals surface area contributed by atoms with Crippen LogP contribution in [0.5, 0.6) is 0 Å². The normalized spacial score (nSPS) is 16.6. The molecule has 0 aliphatic heterocycles. The van der Waals surface area contributed by atoms with Crippen LogP contribution in [0.4, 0.5) is 5.82 Å². The first-order valence-electron chi connectivity index (χ1n) is 7.41. The smallest absolute Gasteiger partial charge is 0.141 e. The van der Waals surface area contributed by atoms with Gasteiger partial charge < -0.3 is 5.32 Å². The Morgan fingerprint density at radius 1 is 1.32 bits per heavy atom. The van der Waals surface area contributed by atoms with Gasteiger partial charge in [-0.3, -0.25) is 4.40 Å². The van der Waals surface area contributed by atoms with E-state index in [1.807, 2.05) is 0 Å². The average molecular weight is 257 g/mol. The molecule has 0 radical (unpaired) electrons. The highest BCUT2D eigenvalue weighted by Gasteiger charge is 2.21. The second-order valence-corrected chi connectivity index (χ2v) is 6.01. The third-order valence-electron chi connectivity index (χ3n) is 4.12. The van der Waals surface area contributed by atoms with Crippen LogP contribution in [-0.2, 0) is 0 Å². The van der Waals surface area contributed by atoms with Crippen LogP contribution < -0.4 is 5.32 Å². The van der Waals surface area contributed by atoms with Crippen LogP contribution in [0.2, 0.25) is 0 Å². The molecule has 0 amide bonds. The van der Waals surface area contributed by atoms with E-state index in [0.717, 1.165) is 5.65 Å². The third kappa shape index (κ3) is 2.22. The molecule has 2 aromatic rings. The molecule has 1 aliphatic rings. The van der Waals surface area contributed by atoms with Crippen molar-refractivity contribution in [3.05, 3.63) is 29.6 Å². The summed E-state index contributed by atoms with van der Waals surface area (Å²) >= 11 is 0. The van der Waals surface area contributed by atoms with Crippen molar-refractivity contribution in [3.63, 3.8) is 0 Å². The molecular formula is C16H23N3. The molecule has 3 heteroatoms. The molecule has 0 atom stereocenters. The van der Waals surface area contributed by atoms with E-state index in [-0.39, 0.29) is 0 Å². The zero-order chi connectivity index (χ0) is 13.4. The Kier molecular flexibility index (Phi) is 3.21. The first-order valence-corrected chi connectivity index (χ1v) is 7.41. The van der Waals surface area contributed by atoms with Crippen molar-refractivity contribution in [3.8, 4) is 0 Å². The summed E-state index contributed by atoms with van der Waals surface area (Å²) in [5, 5.41) is 3.74. The summed E-state index contributed by atoms with van der Waals surface area (Å²) in [4.78, 5) is 4.85. The van der Waals surface area contributed by atoms with Crippen LogP contribution in [0.1, 0.15) is 56.7 Å². The van der Waals surface area contributed by atoms with Crippen molar-refractivity contribution in [1.82, 2.24) is 9.38 Å². The first kappa shape index (κ1) is 12.5. The molecule has 0 bridgehead atoms. The predicted octanol–water partition coefficient (Wildman–Crippen LogP) is 4.12. The quantitative estimate of drug-likeness (QED) is 0.896. The highest BCUT2D eigenvalue weighted by Crippen LogP contribution is 2.30. The summed E-state index contributed by atoms with van der Waals surface area (Å²) in [6.07, 6.45) is 7.40. The third-order valence-corrected chi connectivity index (χ3v) is 4.12. The van der Waals surface area contributed by atoms with Crippen molar-refractivity contribution >= 4 is 11.5 Å². The molecule has 1 N–H and O–H groups in total. The fourth-order valence-corrected chi connectivity index (χ4v) is 3.03. The van der Waals surface area contributed by atoms with Gasteiger partial charge in [0.25, 0.3) is 0 Å². The van der Waals surface area contributed by atoms with Gasteiger partial charge in [0.15, 0.2) is 0 Å². The van der Waals surface area contributed by atoms with E-state index in [2.05, 4.69) is 48.8 Å². The molecule has 3 nitrogen and oxygen atoms in total. The number of pyridine rings is 1. The number of anilines is 1. The average Bonchev–Trinajstić information content (AvgIpc) is 2.99. The van der Waals surface area contributed by atoms with E-state index in [9.17, 15) is 0 Å². The molecule has 2 aromatic heterocycles. The van der Waals surface area contributed by atoms with E-state index in [4.69, 9.17) is 4.98 Å². The minimum Gasteiger partial charge on any atom is -0.367 e. The number of rotatable bonds is 3. The molecule has 0 aromatic carbocycles. The van der Waals surface area contributed by atoms with Gasteiger partial charge in [0, 0.05) is 12.2 Å². The molecule has 19 heavy (non-hydrogen) atoms. The number of aryl methyl sites for hydroxylation is 1. The van der Waals surface area contributed by atoms with Crippen LogP contribution in [0.15, 0.2) is 18.3 Å². The van der Waals surface area contributed by atoms with Crippen molar-refractivity contribution in [2.75, 3.05) is 5.32 Å². The van der Waals surface area contributed by atoms with Gasteiger partial charge in [-0.05, 0) is 37.3 Å². The topological polar surface area (TPSA) is 29.3 Å². The minimum atomic E-state index is 0.447. The summed E-state index contributed by atoms with van der Waals surface area (Å²) in [5.74, 6) is 1.66. The van der Waals surface area contributed by atoms with Crippen LogP contribution in [0.25, 0.3) is 5.65 Å². The number of imidazole rings is 1. The van der Waals surface area contributed by atoms with Gasteiger partial charge in [0.1, 0.15) is 11.5 Å². The maximum Gasteiger partial charge on any atom is 0.141 e. The molecule has 1 fully saturated rings. The van der Waals surface area contributed by atoms with E-state index >= 15 is 0 Å². The van der Waals surface area contributed by atoms with Crippen molar-refractivity contribution in [2.24, 2.45) is 0 Å². The van der Waals surface area contributed by atoms with Gasteiger partial charge in [0.2, 0.25) is 0 Å². The highest BCUT2D eigenvalue weighted by molar-refractivity contribution is 5.60. The molecule has 2 heterocycles. The zero-order valence-electron chi connectivity index (χ0n) is 12.1. The number of hydrogen-bond donors (Lipinski definition) is 1. The molecule has 1 aliphatic carbocycles. The molecular weight excluding hydrogens is 234 g/mol. The fraction of sp³-hybridized carbons (Fsp3) is 0.562. The second-order valence-electron chi connectivity index (χ2n) is 6.01. The van der Waals surface area contributed by atoms with Gasteiger partial charge in [-0.2, -0.15) is 0 Å². The summed E-state index contributed by atoms with van der Waals surface area (Å²) in [5.41, 5.74) is 3.52. The highest BCUT2D eigenvalue weighted by atomic mass is 15.1. The number of aromatic nitrogens is 2. The summed E-state index contributed by atoms with van der Waals surface area (Å²) in [7, 11) is 0. The number of hydrogen-bond acceptors (Lipinski definition) is 2. The fourth-order valence-electron chi connectivity index (χ4n) is 3.03. The Morgan fingerprint density at radius 2 is 2.05 bits per heavy atom. The van der Waals surface area contributed by atoms with Gasteiger partial charge in [-0.15, -0.1) is 0 Å². The Hall–Kier alpha value is -1.51. The lowest BCUT2D eigenvalue weighted by Crippen LogP contribution is -2.17. The monoisotopic (exact) mass is 257 g/mol. The molecule has 1 saturated carbocycles. The maximum atomic E-state index is 4.85. The lowest BCUT2D eigenvalue weighted by molar-refractivity contribution is 0.740. The standard InChI is InChI=1S/C16H23N3/c1-11(2)14-16(17-13-8-4-5-9-13)19-10-6-7-12(3)15(19)18-14/h6-7,10-11,13,17H,4-5,8-9H2,1-3H3. The van der Waals surface area contributed by atoms with Crippen molar-refractivity contribution < 1.29 is 0 Å². The van der Waals surface area contributed by atoms with Crippen LogP contribution in [0.3, 0.4) is 0 Å². The zero-order valence-corrected chi connectivity index (χ0v) is 12.1. The van der Waals surface area contributed by atoms with E-state index in [1.165, 1.54) is 42.8 Å². The molecule has 102 valence electrons.